The molecular weight excluding hydrogens is 208 g/mol. The molecule has 1 N–H and O–H groups in total. The van der Waals surface area contributed by atoms with Crippen LogP contribution in [-0.4, -0.2) is 37.6 Å². The van der Waals surface area contributed by atoms with Crippen LogP contribution in [0.15, 0.2) is 0 Å². The standard InChI is InChI=1S/C15H30N2/c1-13(2)9-16-10-15-7-8-17(12-15)11-14-5-3-4-6-14/h13-16H,3-12H2,1-2H3. The van der Waals surface area contributed by atoms with Gasteiger partial charge in [0.2, 0.25) is 0 Å². The Hall–Kier alpha value is -0.0800. The van der Waals surface area contributed by atoms with Crippen LogP contribution in [0.3, 0.4) is 0 Å². The molecule has 0 aromatic carbocycles. The molecule has 1 heterocycles. The molecular formula is C15H30N2. The monoisotopic (exact) mass is 238 g/mol. The van der Waals surface area contributed by atoms with Crippen LogP contribution < -0.4 is 5.32 Å². The quantitative estimate of drug-likeness (QED) is 0.765. The zero-order valence-corrected chi connectivity index (χ0v) is 11.8. The van der Waals surface area contributed by atoms with Crippen LogP contribution in [-0.2, 0) is 0 Å². The van der Waals surface area contributed by atoms with E-state index in [-0.39, 0.29) is 0 Å². The summed E-state index contributed by atoms with van der Waals surface area (Å²) in [7, 11) is 0. The molecule has 1 aliphatic carbocycles. The summed E-state index contributed by atoms with van der Waals surface area (Å²) in [6.07, 6.45) is 7.37. The number of rotatable bonds is 6. The van der Waals surface area contributed by atoms with Gasteiger partial charge in [0.25, 0.3) is 0 Å². The van der Waals surface area contributed by atoms with E-state index in [2.05, 4.69) is 24.1 Å². The second kappa shape index (κ2) is 6.75. The highest BCUT2D eigenvalue weighted by atomic mass is 15.2. The van der Waals surface area contributed by atoms with Crippen molar-refractivity contribution in [2.75, 3.05) is 32.7 Å². The van der Waals surface area contributed by atoms with Gasteiger partial charge in [-0.05, 0) is 56.7 Å². The van der Waals surface area contributed by atoms with Gasteiger partial charge in [-0.2, -0.15) is 0 Å². The Morgan fingerprint density at radius 3 is 2.59 bits per heavy atom. The van der Waals surface area contributed by atoms with Crippen LogP contribution in [0.2, 0.25) is 0 Å². The van der Waals surface area contributed by atoms with Gasteiger partial charge < -0.3 is 10.2 Å². The molecule has 2 rings (SSSR count). The fourth-order valence-electron chi connectivity index (χ4n) is 3.38. The molecule has 0 spiro atoms. The highest BCUT2D eigenvalue weighted by molar-refractivity contribution is 4.80. The second-order valence-corrected chi connectivity index (χ2v) is 6.62. The number of likely N-dealkylation sites (tertiary alicyclic amines) is 1. The van der Waals surface area contributed by atoms with E-state index in [4.69, 9.17) is 0 Å². The minimum absolute atomic E-state index is 0.783. The van der Waals surface area contributed by atoms with Crippen molar-refractivity contribution in [1.82, 2.24) is 10.2 Å². The van der Waals surface area contributed by atoms with Crippen LogP contribution in [0.25, 0.3) is 0 Å². The number of hydrogen-bond acceptors (Lipinski definition) is 2. The van der Waals surface area contributed by atoms with Crippen molar-refractivity contribution < 1.29 is 0 Å². The van der Waals surface area contributed by atoms with Crippen LogP contribution in [0, 0.1) is 17.8 Å². The summed E-state index contributed by atoms with van der Waals surface area (Å²) in [5.74, 6) is 2.72. The molecule has 2 heteroatoms. The SMILES string of the molecule is CC(C)CNCC1CCN(CC2CCCC2)C1. The fraction of sp³-hybridized carbons (Fsp3) is 1.00. The molecule has 0 bridgehead atoms. The maximum absolute atomic E-state index is 3.61. The third-order valence-corrected chi connectivity index (χ3v) is 4.35. The Kier molecular flexibility index (Phi) is 5.30. The van der Waals surface area contributed by atoms with E-state index in [0.29, 0.717) is 0 Å². The first kappa shape index (κ1) is 13.4. The second-order valence-electron chi connectivity index (χ2n) is 6.62. The van der Waals surface area contributed by atoms with Gasteiger partial charge in [-0.25, -0.2) is 0 Å². The summed E-state index contributed by atoms with van der Waals surface area (Å²) >= 11 is 0. The molecule has 1 aliphatic heterocycles. The molecule has 2 nitrogen and oxygen atoms in total. The van der Waals surface area contributed by atoms with E-state index in [0.717, 1.165) is 17.8 Å². The Bertz CT molecular complexity index is 209. The summed E-state index contributed by atoms with van der Waals surface area (Å²) in [4.78, 5) is 2.72. The van der Waals surface area contributed by atoms with E-state index >= 15 is 0 Å². The zero-order chi connectivity index (χ0) is 12.1. The van der Waals surface area contributed by atoms with Crippen LogP contribution in [0.1, 0.15) is 46.0 Å². The molecule has 0 aromatic heterocycles. The van der Waals surface area contributed by atoms with E-state index < -0.39 is 0 Å². The highest BCUT2D eigenvalue weighted by Crippen LogP contribution is 2.27. The predicted molar refractivity (Wildman–Crippen MR) is 74.2 cm³/mol. The Balaban J connectivity index is 1.58. The van der Waals surface area contributed by atoms with Gasteiger partial charge >= 0.3 is 0 Å². The summed E-state index contributed by atoms with van der Waals surface area (Å²) < 4.78 is 0. The van der Waals surface area contributed by atoms with Gasteiger partial charge in [0.15, 0.2) is 0 Å². The summed E-state index contributed by atoms with van der Waals surface area (Å²) in [5, 5.41) is 3.61. The molecule has 0 amide bonds. The van der Waals surface area contributed by atoms with Crippen molar-refractivity contribution in [2.24, 2.45) is 17.8 Å². The van der Waals surface area contributed by atoms with Crippen molar-refractivity contribution in [3.8, 4) is 0 Å². The van der Waals surface area contributed by atoms with E-state index in [9.17, 15) is 0 Å². The number of nitrogens with zero attached hydrogens (tertiary/aromatic N) is 1. The zero-order valence-electron chi connectivity index (χ0n) is 11.8. The third kappa shape index (κ3) is 4.59. The predicted octanol–water partition coefficient (Wildman–Crippen LogP) is 2.74. The molecule has 1 unspecified atom stereocenters. The lowest BCUT2D eigenvalue weighted by Gasteiger charge is -2.20. The third-order valence-electron chi connectivity index (χ3n) is 4.35. The van der Waals surface area contributed by atoms with E-state index in [1.807, 2.05) is 0 Å². The van der Waals surface area contributed by atoms with Crippen molar-refractivity contribution >= 4 is 0 Å². The lowest BCUT2D eigenvalue weighted by Crippen LogP contribution is -2.30. The van der Waals surface area contributed by atoms with Gasteiger partial charge in [0.1, 0.15) is 0 Å². The normalized spacial score (nSPS) is 27.4. The minimum Gasteiger partial charge on any atom is -0.316 e. The summed E-state index contributed by atoms with van der Waals surface area (Å²) in [5.41, 5.74) is 0. The average Bonchev–Trinajstić information content (AvgIpc) is 2.90. The van der Waals surface area contributed by atoms with Crippen molar-refractivity contribution in [1.29, 1.82) is 0 Å². The first-order chi connectivity index (χ1) is 8.24. The first-order valence-electron chi connectivity index (χ1n) is 7.67. The minimum atomic E-state index is 0.783. The largest absolute Gasteiger partial charge is 0.316 e. The molecule has 2 aliphatic rings. The molecule has 17 heavy (non-hydrogen) atoms. The van der Waals surface area contributed by atoms with Crippen molar-refractivity contribution in [3.63, 3.8) is 0 Å². The maximum atomic E-state index is 3.61. The van der Waals surface area contributed by atoms with Crippen LogP contribution in [0.4, 0.5) is 0 Å². The van der Waals surface area contributed by atoms with Gasteiger partial charge in [-0.15, -0.1) is 0 Å². The summed E-state index contributed by atoms with van der Waals surface area (Å²) in [6, 6.07) is 0. The Morgan fingerprint density at radius 2 is 1.88 bits per heavy atom. The molecule has 1 saturated heterocycles. The topological polar surface area (TPSA) is 15.3 Å². The Morgan fingerprint density at radius 1 is 1.12 bits per heavy atom. The summed E-state index contributed by atoms with van der Waals surface area (Å²) in [6.45, 7) is 11.1. The Labute approximate surface area is 107 Å². The van der Waals surface area contributed by atoms with Crippen LogP contribution in [0.5, 0.6) is 0 Å². The van der Waals surface area contributed by atoms with E-state index in [1.54, 1.807) is 0 Å². The van der Waals surface area contributed by atoms with Crippen molar-refractivity contribution in [3.05, 3.63) is 0 Å². The van der Waals surface area contributed by atoms with E-state index in [1.165, 1.54) is 64.8 Å². The fourth-order valence-corrected chi connectivity index (χ4v) is 3.38. The molecule has 2 fully saturated rings. The highest BCUT2D eigenvalue weighted by Gasteiger charge is 2.25. The molecule has 1 atom stereocenters. The number of hydrogen-bond donors (Lipinski definition) is 1. The molecule has 100 valence electrons. The van der Waals surface area contributed by atoms with Crippen LogP contribution >= 0.6 is 0 Å². The van der Waals surface area contributed by atoms with Crippen molar-refractivity contribution in [2.45, 2.75) is 46.0 Å². The molecule has 1 saturated carbocycles. The molecule has 0 radical (unpaired) electrons. The lowest BCUT2D eigenvalue weighted by atomic mass is 10.1. The van der Waals surface area contributed by atoms with Gasteiger partial charge in [-0.1, -0.05) is 26.7 Å². The average molecular weight is 238 g/mol. The van der Waals surface area contributed by atoms with Gasteiger partial charge in [-0.3, -0.25) is 0 Å². The lowest BCUT2D eigenvalue weighted by molar-refractivity contribution is 0.269. The first-order valence-corrected chi connectivity index (χ1v) is 7.67. The van der Waals surface area contributed by atoms with Gasteiger partial charge in [0.05, 0.1) is 0 Å². The maximum Gasteiger partial charge on any atom is 0.00224 e. The molecule has 0 aromatic rings. The number of nitrogens with one attached hydrogen (secondary N) is 1. The van der Waals surface area contributed by atoms with Gasteiger partial charge in [0, 0.05) is 13.1 Å². The smallest absolute Gasteiger partial charge is 0.00224 e.